The second kappa shape index (κ2) is 6.05. The molecule has 0 aliphatic carbocycles. The summed E-state index contributed by atoms with van der Waals surface area (Å²) in [6, 6.07) is 0. The Morgan fingerprint density at radius 2 is 2.00 bits per heavy atom. The molecule has 4 heteroatoms. The molecule has 0 aliphatic rings. The van der Waals surface area contributed by atoms with Gasteiger partial charge in [-0.3, -0.25) is 0 Å². The Hall–Kier alpha value is -0.480. The van der Waals surface area contributed by atoms with E-state index in [0.29, 0.717) is 12.8 Å². The molecule has 0 bridgehead atoms. The highest BCUT2D eigenvalue weighted by Gasteiger charge is 2.32. The van der Waals surface area contributed by atoms with E-state index in [9.17, 15) is 4.91 Å². The summed E-state index contributed by atoms with van der Waals surface area (Å²) in [5.41, 5.74) is -0.906. The first-order valence-corrected chi connectivity index (χ1v) is 4.60. The van der Waals surface area contributed by atoms with Gasteiger partial charge in [-0.2, -0.15) is 0 Å². The van der Waals surface area contributed by atoms with E-state index in [-0.39, 0.29) is 6.10 Å². The van der Waals surface area contributed by atoms with Gasteiger partial charge in [0.2, 0.25) is 5.72 Å². The highest BCUT2D eigenvalue weighted by Crippen LogP contribution is 2.25. The molecule has 0 aliphatic heterocycles. The van der Waals surface area contributed by atoms with Crippen LogP contribution in [0.15, 0.2) is 5.18 Å². The van der Waals surface area contributed by atoms with Gasteiger partial charge in [-0.05, 0) is 18.0 Å². The fourth-order valence-corrected chi connectivity index (χ4v) is 1.26. The average molecular weight is 189 g/mol. The fourth-order valence-electron chi connectivity index (χ4n) is 1.26. The second-order valence-electron chi connectivity index (χ2n) is 3.07. The van der Waals surface area contributed by atoms with E-state index in [2.05, 4.69) is 5.18 Å². The molecule has 0 saturated carbocycles. The van der Waals surface area contributed by atoms with Crippen molar-refractivity contribution in [3.05, 3.63) is 4.91 Å². The van der Waals surface area contributed by atoms with Crippen molar-refractivity contribution in [2.75, 3.05) is 14.2 Å². The third-order valence-electron chi connectivity index (χ3n) is 2.43. The van der Waals surface area contributed by atoms with Crippen molar-refractivity contribution in [2.45, 2.75) is 44.9 Å². The normalized spacial score (nSPS) is 17.8. The lowest BCUT2D eigenvalue weighted by Gasteiger charge is -2.26. The zero-order valence-corrected chi connectivity index (χ0v) is 8.87. The van der Waals surface area contributed by atoms with Crippen LogP contribution in [-0.2, 0) is 9.47 Å². The Morgan fingerprint density at radius 1 is 1.38 bits per heavy atom. The summed E-state index contributed by atoms with van der Waals surface area (Å²) in [4.78, 5) is 10.6. The lowest BCUT2D eigenvalue weighted by Crippen LogP contribution is -2.33. The van der Waals surface area contributed by atoms with E-state index in [0.717, 1.165) is 6.42 Å². The van der Waals surface area contributed by atoms with Crippen LogP contribution in [0.2, 0.25) is 0 Å². The van der Waals surface area contributed by atoms with E-state index < -0.39 is 5.72 Å². The lowest BCUT2D eigenvalue weighted by atomic mass is 10.0. The number of ether oxygens (including phenoxy) is 2. The number of hydrogen-bond acceptors (Lipinski definition) is 4. The van der Waals surface area contributed by atoms with Crippen LogP contribution < -0.4 is 0 Å². The monoisotopic (exact) mass is 189 g/mol. The number of hydrogen-bond donors (Lipinski definition) is 0. The molecule has 0 aromatic carbocycles. The molecule has 4 nitrogen and oxygen atoms in total. The van der Waals surface area contributed by atoms with Crippen molar-refractivity contribution in [1.29, 1.82) is 0 Å². The highest BCUT2D eigenvalue weighted by atomic mass is 16.5. The highest BCUT2D eigenvalue weighted by molar-refractivity contribution is 4.79. The molecular formula is C9H19NO3. The van der Waals surface area contributed by atoms with Crippen molar-refractivity contribution < 1.29 is 9.47 Å². The first-order valence-electron chi connectivity index (χ1n) is 4.60. The molecule has 0 rings (SSSR count). The van der Waals surface area contributed by atoms with Crippen LogP contribution in [0.4, 0.5) is 0 Å². The number of nitroso groups, excluding NO2 is 1. The number of methoxy groups -OCH3 is 2. The molecule has 2 unspecified atom stereocenters. The number of nitrogens with zero attached hydrogens (tertiary/aromatic N) is 1. The first kappa shape index (κ1) is 12.5. The summed E-state index contributed by atoms with van der Waals surface area (Å²) >= 11 is 0. The molecule has 0 N–H and O–H groups in total. The molecule has 0 amide bonds. The van der Waals surface area contributed by atoms with Crippen molar-refractivity contribution >= 4 is 0 Å². The minimum atomic E-state index is -0.906. The quantitative estimate of drug-likeness (QED) is 0.577. The van der Waals surface area contributed by atoms with E-state index in [1.54, 1.807) is 7.11 Å². The first-order chi connectivity index (χ1) is 6.17. The van der Waals surface area contributed by atoms with Crippen molar-refractivity contribution in [3.63, 3.8) is 0 Å². The molecule has 0 saturated heterocycles. The summed E-state index contributed by atoms with van der Waals surface area (Å²) in [6.45, 7) is 3.89. The van der Waals surface area contributed by atoms with Crippen LogP contribution in [0, 0.1) is 4.91 Å². The second-order valence-corrected chi connectivity index (χ2v) is 3.07. The molecule has 13 heavy (non-hydrogen) atoms. The van der Waals surface area contributed by atoms with Crippen LogP contribution in [0.5, 0.6) is 0 Å². The summed E-state index contributed by atoms with van der Waals surface area (Å²) in [5, 5.41) is 3.04. The van der Waals surface area contributed by atoms with E-state index in [1.807, 2.05) is 13.8 Å². The maximum Gasteiger partial charge on any atom is 0.201 e. The van der Waals surface area contributed by atoms with Gasteiger partial charge in [-0.1, -0.05) is 13.8 Å². The molecule has 0 radical (unpaired) electrons. The van der Waals surface area contributed by atoms with Gasteiger partial charge in [0.1, 0.15) is 0 Å². The van der Waals surface area contributed by atoms with E-state index in [1.165, 1.54) is 7.11 Å². The minimum Gasteiger partial charge on any atom is -0.381 e. The Morgan fingerprint density at radius 3 is 2.23 bits per heavy atom. The van der Waals surface area contributed by atoms with Crippen LogP contribution in [0.25, 0.3) is 0 Å². The zero-order valence-electron chi connectivity index (χ0n) is 8.87. The van der Waals surface area contributed by atoms with Crippen LogP contribution in [0.3, 0.4) is 0 Å². The summed E-state index contributed by atoms with van der Waals surface area (Å²) in [7, 11) is 3.14. The smallest absolute Gasteiger partial charge is 0.201 e. The van der Waals surface area contributed by atoms with Crippen molar-refractivity contribution in [2.24, 2.45) is 5.18 Å². The van der Waals surface area contributed by atoms with Crippen LogP contribution in [0.1, 0.15) is 33.1 Å². The van der Waals surface area contributed by atoms with Gasteiger partial charge in [-0.25, -0.2) is 0 Å². The topological polar surface area (TPSA) is 47.9 Å². The third-order valence-corrected chi connectivity index (χ3v) is 2.43. The number of rotatable bonds is 7. The minimum absolute atomic E-state index is 0.0394. The summed E-state index contributed by atoms with van der Waals surface area (Å²) in [6.07, 6.45) is 2.00. The average Bonchev–Trinajstić information content (AvgIpc) is 2.21. The summed E-state index contributed by atoms with van der Waals surface area (Å²) in [5.74, 6) is 0. The molecule has 78 valence electrons. The van der Waals surface area contributed by atoms with E-state index in [4.69, 9.17) is 9.47 Å². The van der Waals surface area contributed by atoms with Crippen molar-refractivity contribution in [3.8, 4) is 0 Å². The molecule has 0 aromatic heterocycles. The fraction of sp³-hybridized carbons (Fsp3) is 1.00. The molecule has 0 heterocycles. The summed E-state index contributed by atoms with van der Waals surface area (Å²) < 4.78 is 10.3. The van der Waals surface area contributed by atoms with Gasteiger partial charge >= 0.3 is 0 Å². The van der Waals surface area contributed by atoms with Crippen LogP contribution >= 0.6 is 0 Å². The Kier molecular flexibility index (Phi) is 5.82. The predicted octanol–water partition coefficient (Wildman–Crippen LogP) is 2.32. The van der Waals surface area contributed by atoms with Crippen molar-refractivity contribution in [1.82, 2.24) is 0 Å². The Balaban J connectivity index is 4.30. The third kappa shape index (κ3) is 3.40. The van der Waals surface area contributed by atoms with Gasteiger partial charge in [0.25, 0.3) is 0 Å². The Bertz CT molecular complexity index is 142. The van der Waals surface area contributed by atoms with Gasteiger partial charge in [-0.15, -0.1) is 4.91 Å². The molecule has 0 spiro atoms. The SMILES string of the molecule is CCC(CC(CC)(N=O)OC)OC. The zero-order chi connectivity index (χ0) is 10.3. The van der Waals surface area contributed by atoms with Crippen LogP contribution in [-0.4, -0.2) is 26.0 Å². The van der Waals surface area contributed by atoms with Gasteiger partial charge in [0.15, 0.2) is 0 Å². The molecule has 2 atom stereocenters. The van der Waals surface area contributed by atoms with E-state index >= 15 is 0 Å². The largest absolute Gasteiger partial charge is 0.381 e. The molecule has 0 aromatic rings. The van der Waals surface area contributed by atoms with Gasteiger partial charge < -0.3 is 9.47 Å². The maximum atomic E-state index is 10.6. The van der Waals surface area contributed by atoms with Gasteiger partial charge in [0.05, 0.1) is 6.10 Å². The predicted molar refractivity (Wildman–Crippen MR) is 51.5 cm³/mol. The molecule has 0 fully saturated rings. The maximum absolute atomic E-state index is 10.6. The lowest BCUT2D eigenvalue weighted by molar-refractivity contribution is -0.0542. The standard InChI is InChI=1S/C9H19NO3/c1-5-8(12-3)7-9(6-2,10-11)13-4/h8H,5-7H2,1-4H3. The van der Waals surface area contributed by atoms with Gasteiger partial charge in [0, 0.05) is 20.6 Å². The Labute approximate surface area is 79.6 Å². The molecular weight excluding hydrogens is 170 g/mol.